The zero-order chi connectivity index (χ0) is 16.5. The molecule has 1 N–H and O–H groups in total. The van der Waals surface area contributed by atoms with Crippen molar-refractivity contribution in [2.75, 3.05) is 11.4 Å². The molecule has 1 saturated carbocycles. The summed E-state index contributed by atoms with van der Waals surface area (Å²) in [4.78, 5) is 19.0. The highest BCUT2D eigenvalue weighted by Gasteiger charge is 2.35. The summed E-state index contributed by atoms with van der Waals surface area (Å²) in [6, 6.07) is 6.64. The van der Waals surface area contributed by atoms with Crippen molar-refractivity contribution in [3.63, 3.8) is 0 Å². The van der Waals surface area contributed by atoms with Crippen molar-refractivity contribution in [1.82, 2.24) is 14.7 Å². The zero-order valence-electron chi connectivity index (χ0n) is 13.2. The van der Waals surface area contributed by atoms with Gasteiger partial charge in [-0.3, -0.25) is 4.79 Å². The molecule has 24 heavy (non-hydrogen) atoms. The fraction of sp³-hybridized carbons (Fsp3) is 0.471. The Morgan fingerprint density at radius 1 is 1.29 bits per heavy atom. The molecule has 0 radical (unpaired) electrons. The van der Waals surface area contributed by atoms with E-state index in [1.54, 1.807) is 12.1 Å². The van der Waals surface area contributed by atoms with Crippen LogP contribution < -0.4 is 10.2 Å². The summed E-state index contributed by atoms with van der Waals surface area (Å²) in [5, 5.41) is 3.89. The number of carbonyl (C=O) groups excluding carboxylic acids is 1. The second-order valence-electron chi connectivity index (χ2n) is 6.43. The normalized spacial score (nSPS) is 20.4. The van der Waals surface area contributed by atoms with Gasteiger partial charge in [-0.1, -0.05) is 12.1 Å². The smallest absolute Gasteiger partial charge is 0.243 e. The SMILES string of the molecule is O=C(NC1CC1)C1CCCN1c1nc(Cc2ccc(F)cc2)ns1. The lowest BCUT2D eigenvalue weighted by molar-refractivity contribution is -0.122. The Bertz CT molecular complexity index is 728. The first kappa shape index (κ1) is 15.5. The number of rotatable bonds is 5. The zero-order valence-corrected chi connectivity index (χ0v) is 14.1. The van der Waals surface area contributed by atoms with Gasteiger partial charge in [0.1, 0.15) is 17.7 Å². The summed E-state index contributed by atoms with van der Waals surface area (Å²) in [5.41, 5.74) is 0.977. The van der Waals surface area contributed by atoms with Crippen LogP contribution in [0.3, 0.4) is 0 Å². The van der Waals surface area contributed by atoms with Crippen molar-refractivity contribution >= 4 is 22.6 Å². The first-order chi connectivity index (χ1) is 11.7. The van der Waals surface area contributed by atoms with E-state index < -0.39 is 0 Å². The molecule has 1 aliphatic heterocycles. The summed E-state index contributed by atoms with van der Waals surface area (Å²) < 4.78 is 17.4. The van der Waals surface area contributed by atoms with Gasteiger partial charge in [-0.25, -0.2) is 9.37 Å². The van der Waals surface area contributed by atoms with Crippen LogP contribution in [0.5, 0.6) is 0 Å². The number of nitrogens with one attached hydrogen (secondary N) is 1. The lowest BCUT2D eigenvalue weighted by atomic mass is 10.1. The summed E-state index contributed by atoms with van der Waals surface area (Å²) in [6.45, 7) is 0.841. The minimum Gasteiger partial charge on any atom is -0.352 e. The Morgan fingerprint density at radius 3 is 2.83 bits per heavy atom. The van der Waals surface area contributed by atoms with E-state index in [1.807, 2.05) is 0 Å². The molecule has 0 spiro atoms. The molecule has 0 bridgehead atoms. The van der Waals surface area contributed by atoms with Crippen LogP contribution >= 0.6 is 11.5 Å². The molecule has 1 saturated heterocycles. The second-order valence-corrected chi connectivity index (χ2v) is 7.16. The molecule has 1 aliphatic carbocycles. The van der Waals surface area contributed by atoms with Gasteiger partial charge in [0.25, 0.3) is 0 Å². The molecule has 7 heteroatoms. The average Bonchev–Trinajstić information content (AvgIpc) is 3.08. The first-order valence-corrected chi connectivity index (χ1v) is 9.10. The van der Waals surface area contributed by atoms with E-state index in [9.17, 15) is 9.18 Å². The van der Waals surface area contributed by atoms with Crippen LogP contribution in [-0.4, -0.2) is 33.9 Å². The summed E-state index contributed by atoms with van der Waals surface area (Å²) in [7, 11) is 0. The van der Waals surface area contributed by atoms with Crippen LogP contribution in [0, 0.1) is 5.82 Å². The minimum atomic E-state index is -0.243. The van der Waals surface area contributed by atoms with Gasteiger partial charge in [0, 0.05) is 30.5 Å². The number of amides is 1. The fourth-order valence-electron chi connectivity index (χ4n) is 3.01. The number of benzene rings is 1. The average molecular weight is 346 g/mol. The van der Waals surface area contributed by atoms with E-state index in [2.05, 4.69) is 19.6 Å². The highest BCUT2D eigenvalue weighted by atomic mass is 32.1. The maximum absolute atomic E-state index is 13.0. The first-order valence-electron chi connectivity index (χ1n) is 8.33. The number of hydrogen-bond donors (Lipinski definition) is 1. The Kier molecular flexibility index (Phi) is 4.18. The molecule has 1 atom stereocenters. The molecule has 1 aromatic heterocycles. The molecular formula is C17H19FN4OS. The van der Waals surface area contributed by atoms with Crippen LogP contribution in [0.2, 0.25) is 0 Å². The Labute approximate surface area is 144 Å². The van der Waals surface area contributed by atoms with Crippen molar-refractivity contribution in [3.05, 3.63) is 41.5 Å². The fourth-order valence-corrected chi connectivity index (χ4v) is 3.77. The van der Waals surface area contributed by atoms with Gasteiger partial charge in [-0.05, 0) is 43.4 Å². The highest BCUT2D eigenvalue weighted by Crippen LogP contribution is 2.29. The number of hydrogen-bond acceptors (Lipinski definition) is 5. The van der Waals surface area contributed by atoms with Crippen LogP contribution in [0.15, 0.2) is 24.3 Å². The van der Waals surface area contributed by atoms with E-state index in [1.165, 1.54) is 23.7 Å². The molecule has 1 amide bonds. The van der Waals surface area contributed by atoms with Crippen LogP contribution in [-0.2, 0) is 11.2 Å². The van der Waals surface area contributed by atoms with Gasteiger partial charge in [0.05, 0.1) is 0 Å². The van der Waals surface area contributed by atoms with Gasteiger partial charge in [-0.15, -0.1) is 0 Å². The maximum Gasteiger partial charge on any atom is 0.243 e. The van der Waals surface area contributed by atoms with E-state index >= 15 is 0 Å². The molecule has 1 unspecified atom stereocenters. The minimum absolute atomic E-state index is 0.116. The number of aromatic nitrogens is 2. The van der Waals surface area contributed by atoms with Crippen molar-refractivity contribution < 1.29 is 9.18 Å². The molecule has 126 valence electrons. The largest absolute Gasteiger partial charge is 0.352 e. The van der Waals surface area contributed by atoms with E-state index in [0.717, 1.165) is 48.7 Å². The lowest BCUT2D eigenvalue weighted by Crippen LogP contribution is -2.44. The Balaban J connectivity index is 1.44. The molecule has 2 aliphatic rings. The molecule has 5 nitrogen and oxygen atoms in total. The second kappa shape index (κ2) is 6.47. The van der Waals surface area contributed by atoms with Crippen molar-refractivity contribution in [1.29, 1.82) is 0 Å². The van der Waals surface area contributed by atoms with E-state index in [-0.39, 0.29) is 17.8 Å². The van der Waals surface area contributed by atoms with Crippen molar-refractivity contribution in [2.24, 2.45) is 0 Å². The third-order valence-corrected chi connectivity index (χ3v) is 5.25. The van der Waals surface area contributed by atoms with Crippen LogP contribution in [0.1, 0.15) is 37.1 Å². The Morgan fingerprint density at radius 2 is 2.08 bits per heavy atom. The molecule has 2 fully saturated rings. The number of carbonyl (C=O) groups is 1. The molecule has 1 aromatic carbocycles. The highest BCUT2D eigenvalue weighted by molar-refractivity contribution is 7.09. The predicted octanol–water partition coefficient (Wildman–Crippen LogP) is 2.52. The van der Waals surface area contributed by atoms with Gasteiger partial charge in [-0.2, -0.15) is 4.37 Å². The van der Waals surface area contributed by atoms with Gasteiger partial charge >= 0.3 is 0 Å². The monoisotopic (exact) mass is 346 g/mol. The van der Waals surface area contributed by atoms with Crippen LogP contribution in [0.4, 0.5) is 9.52 Å². The third-order valence-electron chi connectivity index (χ3n) is 4.46. The van der Waals surface area contributed by atoms with Crippen molar-refractivity contribution in [2.45, 2.75) is 44.2 Å². The third kappa shape index (κ3) is 3.40. The van der Waals surface area contributed by atoms with Gasteiger partial charge in [0.2, 0.25) is 11.0 Å². The standard InChI is InChI=1S/C17H19FN4OS/c18-12-5-3-11(4-6-12)10-15-20-17(24-21-15)22-9-1-2-14(22)16(23)19-13-7-8-13/h3-6,13-14H,1-2,7-10H2,(H,19,23). The van der Waals surface area contributed by atoms with E-state index in [4.69, 9.17) is 0 Å². The van der Waals surface area contributed by atoms with E-state index in [0.29, 0.717) is 12.5 Å². The summed E-state index contributed by atoms with van der Waals surface area (Å²) in [5.74, 6) is 0.590. The number of anilines is 1. The summed E-state index contributed by atoms with van der Waals surface area (Å²) in [6.07, 6.45) is 4.63. The van der Waals surface area contributed by atoms with Gasteiger partial charge in [0.15, 0.2) is 0 Å². The molecular weight excluding hydrogens is 327 g/mol. The number of halogens is 1. The topological polar surface area (TPSA) is 58.1 Å². The number of nitrogens with zero attached hydrogens (tertiary/aromatic N) is 3. The van der Waals surface area contributed by atoms with Gasteiger partial charge < -0.3 is 10.2 Å². The maximum atomic E-state index is 13.0. The predicted molar refractivity (Wildman–Crippen MR) is 90.6 cm³/mol. The molecule has 4 rings (SSSR count). The quantitative estimate of drug-likeness (QED) is 0.904. The summed E-state index contributed by atoms with van der Waals surface area (Å²) >= 11 is 1.34. The Hall–Kier alpha value is -2.02. The van der Waals surface area contributed by atoms with Crippen LogP contribution in [0.25, 0.3) is 0 Å². The molecule has 2 heterocycles. The molecule has 2 aromatic rings. The van der Waals surface area contributed by atoms with Crippen molar-refractivity contribution in [3.8, 4) is 0 Å². The lowest BCUT2D eigenvalue weighted by Gasteiger charge is -2.22.